The van der Waals surface area contributed by atoms with Crippen LogP contribution in [0.15, 0.2) is 53.4 Å². The first-order valence-corrected chi connectivity index (χ1v) is 9.76. The molecule has 128 valence electrons. The molecule has 1 fully saturated rings. The van der Waals surface area contributed by atoms with Gasteiger partial charge in [-0.3, -0.25) is 0 Å². The van der Waals surface area contributed by atoms with Crippen LogP contribution in [-0.2, 0) is 10.0 Å². The van der Waals surface area contributed by atoms with Crippen LogP contribution in [0.5, 0.6) is 0 Å². The van der Waals surface area contributed by atoms with Crippen molar-refractivity contribution in [2.45, 2.75) is 43.5 Å². The van der Waals surface area contributed by atoms with Crippen molar-refractivity contribution in [3.05, 3.63) is 65.5 Å². The number of hydrogen-bond donors (Lipinski definition) is 0. The number of hydrogen-bond acceptors (Lipinski definition) is 2. The van der Waals surface area contributed by atoms with Gasteiger partial charge in [-0.15, -0.1) is 0 Å². The lowest BCUT2D eigenvalue weighted by atomic mass is 10.0. The van der Waals surface area contributed by atoms with Gasteiger partial charge >= 0.3 is 0 Å². The topological polar surface area (TPSA) is 37.4 Å². The molecule has 2 aromatic rings. The van der Waals surface area contributed by atoms with Crippen LogP contribution in [0.25, 0.3) is 0 Å². The van der Waals surface area contributed by atoms with E-state index < -0.39 is 15.8 Å². The molecule has 0 radical (unpaired) electrons. The average molecular weight is 347 g/mol. The van der Waals surface area contributed by atoms with Crippen LogP contribution in [0.4, 0.5) is 4.39 Å². The third-order valence-corrected chi connectivity index (χ3v) is 6.47. The van der Waals surface area contributed by atoms with Crippen LogP contribution in [-0.4, -0.2) is 19.3 Å². The fourth-order valence-electron chi connectivity index (χ4n) is 3.32. The summed E-state index contributed by atoms with van der Waals surface area (Å²) in [5.41, 5.74) is 2.15. The van der Waals surface area contributed by atoms with Crippen LogP contribution in [0, 0.1) is 12.7 Å². The minimum absolute atomic E-state index is 0.156. The van der Waals surface area contributed by atoms with Gasteiger partial charge in [0.15, 0.2) is 0 Å². The molecule has 0 aromatic heterocycles. The summed E-state index contributed by atoms with van der Waals surface area (Å²) >= 11 is 0. The minimum atomic E-state index is -3.65. The molecular formula is C19H22FNO2S. The summed E-state index contributed by atoms with van der Waals surface area (Å²) in [5, 5.41) is 0. The summed E-state index contributed by atoms with van der Waals surface area (Å²) in [5.74, 6) is -0.431. The molecule has 0 saturated carbocycles. The fourth-order valence-corrected chi connectivity index (χ4v) is 5.00. The van der Waals surface area contributed by atoms with Gasteiger partial charge in [0.05, 0.1) is 10.9 Å². The van der Waals surface area contributed by atoms with Gasteiger partial charge in [-0.2, -0.15) is 4.31 Å². The van der Waals surface area contributed by atoms with Crippen LogP contribution < -0.4 is 0 Å². The van der Waals surface area contributed by atoms with Crippen LogP contribution >= 0.6 is 0 Å². The number of halogens is 1. The molecule has 0 unspecified atom stereocenters. The Hall–Kier alpha value is -1.72. The lowest BCUT2D eigenvalue weighted by Gasteiger charge is -2.29. The smallest absolute Gasteiger partial charge is 0.207 e. The van der Waals surface area contributed by atoms with Crippen molar-refractivity contribution in [3.63, 3.8) is 0 Å². The van der Waals surface area contributed by atoms with Gasteiger partial charge in [0.1, 0.15) is 5.82 Å². The minimum Gasteiger partial charge on any atom is -0.207 e. The summed E-state index contributed by atoms with van der Waals surface area (Å²) in [7, 11) is -3.65. The van der Waals surface area contributed by atoms with E-state index in [4.69, 9.17) is 0 Å². The second-order valence-corrected chi connectivity index (χ2v) is 8.24. The molecule has 1 atom stereocenters. The van der Waals surface area contributed by atoms with E-state index in [1.165, 1.54) is 24.3 Å². The summed E-state index contributed by atoms with van der Waals surface area (Å²) in [6.45, 7) is 2.51. The molecule has 1 aliphatic rings. The Morgan fingerprint density at radius 2 is 1.79 bits per heavy atom. The molecule has 1 saturated heterocycles. The van der Waals surface area contributed by atoms with Gasteiger partial charge in [-0.25, -0.2) is 12.8 Å². The molecule has 0 bridgehead atoms. The molecule has 3 nitrogen and oxygen atoms in total. The Labute approximate surface area is 143 Å². The first kappa shape index (κ1) is 17.1. The molecule has 0 aliphatic carbocycles. The maximum atomic E-state index is 13.2. The molecule has 1 heterocycles. The zero-order valence-electron chi connectivity index (χ0n) is 13.8. The van der Waals surface area contributed by atoms with E-state index in [9.17, 15) is 12.8 Å². The maximum Gasteiger partial charge on any atom is 0.243 e. The van der Waals surface area contributed by atoms with Crippen molar-refractivity contribution in [2.75, 3.05) is 6.54 Å². The Bertz CT molecular complexity index is 802. The van der Waals surface area contributed by atoms with Gasteiger partial charge < -0.3 is 0 Å². The second-order valence-electron chi connectivity index (χ2n) is 6.35. The molecular weight excluding hydrogens is 325 g/mol. The lowest BCUT2D eigenvalue weighted by molar-refractivity contribution is 0.329. The van der Waals surface area contributed by atoms with E-state index in [2.05, 4.69) is 6.07 Å². The zero-order valence-corrected chi connectivity index (χ0v) is 14.6. The van der Waals surface area contributed by atoms with Gasteiger partial charge in [0.2, 0.25) is 10.0 Å². The highest BCUT2D eigenvalue weighted by Crippen LogP contribution is 2.34. The van der Waals surface area contributed by atoms with Crippen molar-refractivity contribution in [2.24, 2.45) is 0 Å². The largest absolute Gasteiger partial charge is 0.243 e. The number of nitrogens with zero attached hydrogens (tertiary/aromatic N) is 1. The summed E-state index contributed by atoms with van der Waals surface area (Å²) < 4.78 is 41.0. The predicted octanol–water partition coefficient (Wildman–Crippen LogP) is 4.44. The zero-order chi connectivity index (χ0) is 17.2. The Balaban J connectivity index is 2.02. The lowest BCUT2D eigenvalue weighted by Crippen LogP contribution is -2.34. The Kier molecular flexibility index (Phi) is 5.01. The molecule has 2 aromatic carbocycles. The molecule has 5 heteroatoms. The number of aryl methyl sites for hydroxylation is 1. The first-order chi connectivity index (χ1) is 11.5. The Morgan fingerprint density at radius 3 is 2.50 bits per heavy atom. The van der Waals surface area contributed by atoms with Crippen molar-refractivity contribution in [1.29, 1.82) is 0 Å². The predicted molar refractivity (Wildman–Crippen MR) is 92.7 cm³/mol. The molecule has 0 N–H and O–H groups in total. The molecule has 24 heavy (non-hydrogen) atoms. The van der Waals surface area contributed by atoms with Gasteiger partial charge in [0.25, 0.3) is 0 Å². The van der Waals surface area contributed by atoms with E-state index in [0.29, 0.717) is 6.54 Å². The summed E-state index contributed by atoms with van der Waals surface area (Å²) in [4.78, 5) is 0.156. The van der Waals surface area contributed by atoms with Gasteiger partial charge in [0, 0.05) is 6.54 Å². The summed E-state index contributed by atoms with van der Waals surface area (Å²) in [6.07, 6.45) is 3.69. The highest BCUT2D eigenvalue weighted by Gasteiger charge is 2.33. The number of rotatable bonds is 3. The third-order valence-electron chi connectivity index (χ3n) is 4.55. The van der Waals surface area contributed by atoms with Crippen molar-refractivity contribution < 1.29 is 12.8 Å². The number of benzene rings is 2. The molecule has 3 rings (SSSR count). The highest BCUT2D eigenvalue weighted by atomic mass is 32.2. The van der Waals surface area contributed by atoms with E-state index in [1.807, 2.05) is 25.1 Å². The fraction of sp³-hybridized carbons (Fsp3) is 0.368. The monoisotopic (exact) mass is 347 g/mol. The quantitative estimate of drug-likeness (QED) is 0.823. The van der Waals surface area contributed by atoms with E-state index in [1.54, 1.807) is 4.31 Å². The van der Waals surface area contributed by atoms with Crippen LogP contribution in [0.2, 0.25) is 0 Å². The third kappa shape index (κ3) is 3.52. The van der Waals surface area contributed by atoms with E-state index >= 15 is 0 Å². The van der Waals surface area contributed by atoms with Crippen molar-refractivity contribution in [3.8, 4) is 0 Å². The second kappa shape index (κ2) is 7.03. The van der Waals surface area contributed by atoms with Crippen LogP contribution in [0.3, 0.4) is 0 Å². The number of sulfonamides is 1. The van der Waals surface area contributed by atoms with E-state index in [0.717, 1.165) is 36.8 Å². The van der Waals surface area contributed by atoms with Gasteiger partial charge in [-0.05, 0) is 49.6 Å². The van der Waals surface area contributed by atoms with E-state index in [-0.39, 0.29) is 10.9 Å². The first-order valence-electron chi connectivity index (χ1n) is 8.32. The maximum absolute atomic E-state index is 13.2. The highest BCUT2D eigenvalue weighted by molar-refractivity contribution is 7.89. The van der Waals surface area contributed by atoms with Crippen molar-refractivity contribution in [1.82, 2.24) is 4.31 Å². The standard InChI is InChI=1S/C19H22FNO2S/c1-15-6-5-7-16(14-15)19-8-3-2-4-13-21(19)24(22,23)18-11-9-17(20)10-12-18/h5-7,9-12,14,19H,2-4,8,13H2,1H3/t19-/m0/s1. The SMILES string of the molecule is Cc1cccc([C@@H]2CCCCCN2S(=O)(=O)c2ccc(F)cc2)c1. The molecule has 0 spiro atoms. The Morgan fingerprint density at radius 1 is 1.04 bits per heavy atom. The normalized spacial score (nSPS) is 19.8. The van der Waals surface area contributed by atoms with Crippen molar-refractivity contribution >= 4 is 10.0 Å². The van der Waals surface area contributed by atoms with Gasteiger partial charge in [-0.1, -0.05) is 42.7 Å². The average Bonchev–Trinajstić information content (AvgIpc) is 2.81. The van der Waals surface area contributed by atoms with Crippen LogP contribution in [0.1, 0.15) is 42.9 Å². The molecule has 0 amide bonds. The molecule has 1 aliphatic heterocycles. The summed E-state index contributed by atoms with van der Waals surface area (Å²) in [6, 6.07) is 13.0.